The molecule has 0 unspecified atom stereocenters. The summed E-state index contributed by atoms with van der Waals surface area (Å²) in [5.41, 5.74) is 0.781. The second-order valence-corrected chi connectivity index (χ2v) is 9.25. The first-order chi connectivity index (χ1) is 16.7. The Bertz CT molecular complexity index is 1210. The van der Waals surface area contributed by atoms with Gasteiger partial charge in [0.2, 0.25) is 5.91 Å². The second kappa shape index (κ2) is 11.8. The van der Waals surface area contributed by atoms with Crippen LogP contribution in [-0.4, -0.2) is 37.3 Å². The van der Waals surface area contributed by atoms with Crippen molar-refractivity contribution >= 4 is 46.6 Å². The Hall–Kier alpha value is -3.44. The van der Waals surface area contributed by atoms with E-state index in [0.29, 0.717) is 33.8 Å². The smallest absolute Gasteiger partial charge is 0.269 e. The standard InChI is InChI=1S/C23H25ClN6O4S/c1-4-29-21(20(14(2)3)26-22(32)17-7-5-6-8-18(17)24)27-28-23(29)35-13-19(31)25-15-9-11-16(12-10-15)30(33)34/h5-12,14,20H,4,13H2,1-3H3,(H,25,31)(H,26,32)/t20-/m0/s1. The third-order valence-electron chi connectivity index (χ3n) is 5.11. The predicted molar refractivity (Wildman–Crippen MR) is 135 cm³/mol. The molecule has 0 saturated carbocycles. The van der Waals surface area contributed by atoms with Crippen molar-refractivity contribution < 1.29 is 14.5 Å². The zero-order chi connectivity index (χ0) is 25.5. The molecule has 2 aromatic carbocycles. The third-order valence-corrected chi connectivity index (χ3v) is 6.40. The van der Waals surface area contributed by atoms with Gasteiger partial charge in [0.25, 0.3) is 11.6 Å². The number of nitro groups is 1. The molecule has 0 aliphatic rings. The monoisotopic (exact) mass is 516 g/mol. The average molecular weight is 517 g/mol. The van der Waals surface area contributed by atoms with E-state index in [4.69, 9.17) is 11.6 Å². The lowest BCUT2D eigenvalue weighted by atomic mass is 10.0. The molecule has 0 bridgehead atoms. The fourth-order valence-electron chi connectivity index (χ4n) is 3.32. The van der Waals surface area contributed by atoms with Gasteiger partial charge in [-0.2, -0.15) is 0 Å². The van der Waals surface area contributed by atoms with Crippen molar-refractivity contribution in [3.63, 3.8) is 0 Å². The Kier molecular flexibility index (Phi) is 8.83. The van der Waals surface area contributed by atoms with Crippen molar-refractivity contribution in [3.05, 3.63) is 75.1 Å². The molecule has 0 aliphatic heterocycles. The van der Waals surface area contributed by atoms with Gasteiger partial charge in [-0.3, -0.25) is 19.7 Å². The average Bonchev–Trinajstić information content (AvgIpc) is 3.24. The number of nitrogens with one attached hydrogen (secondary N) is 2. The molecule has 12 heteroatoms. The Morgan fingerprint density at radius 2 is 1.83 bits per heavy atom. The summed E-state index contributed by atoms with van der Waals surface area (Å²) in [6.45, 7) is 6.41. The Morgan fingerprint density at radius 3 is 2.43 bits per heavy atom. The summed E-state index contributed by atoms with van der Waals surface area (Å²) in [4.78, 5) is 35.5. The summed E-state index contributed by atoms with van der Waals surface area (Å²) < 4.78 is 1.86. The van der Waals surface area contributed by atoms with Gasteiger partial charge in [-0.05, 0) is 37.1 Å². The van der Waals surface area contributed by atoms with Crippen LogP contribution in [-0.2, 0) is 11.3 Å². The molecule has 0 fully saturated rings. The number of carbonyl (C=O) groups excluding carboxylic acids is 2. The number of amides is 2. The molecule has 1 aromatic heterocycles. The summed E-state index contributed by atoms with van der Waals surface area (Å²) in [6, 6.07) is 12.0. The highest BCUT2D eigenvalue weighted by Crippen LogP contribution is 2.26. The molecular weight excluding hydrogens is 492 g/mol. The molecule has 3 aromatic rings. The normalized spacial score (nSPS) is 11.8. The zero-order valence-electron chi connectivity index (χ0n) is 19.4. The topological polar surface area (TPSA) is 132 Å². The van der Waals surface area contributed by atoms with Gasteiger partial charge < -0.3 is 15.2 Å². The van der Waals surface area contributed by atoms with E-state index in [9.17, 15) is 19.7 Å². The van der Waals surface area contributed by atoms with E-state index < -0.39 is 11.0 Å². The first-order valence-corrected chi connectivity index (χ1v) is 12.2. The van der Waals surface area contributed by atoms with Gasteiger partial charge in [0, 0.05) is 24.4 Å². The van der Waals surface area contributed by atoms with Crippen LogP contribution in [0.3, 0.4) is 0 Å². The van der Waals surface area contributed by atoms with Gasteiger partial charge in [-0.15, -0.1) is 10.2 Å². The molecule has 10 nitrogen and oxygen atoms in total. The number of aromatic nitrogens is 3. The first-order valence-electron chi connectivity index (χ1n) is 10.9. The maximum absolute atomic E-state index is 12.9. The molecule has 0 spiro atoms. The number of anilines is 1. The largest absolute Gasteiger partial charge is 0.342 e. The van der Waals surface area contributed by atoms with Crippen LogP contribution >= 0.6 is 23.4 Å². The fourth-order valence-corrected chi connectivity index (χ4v) is 4.35. The maximum atomic E-state index is 12.9. The van der Waals surface area contributed by atoms with Crippen molar-refractivity contribution in [2.75, 3.05) is 11.1 Å². The van der Waals surface area contributed by atoms with Gasteiger partial charge in [0.1, 0.15) is 0 Å². The van der Waals surface area contributed by atoms with Gasteiger partial charge in [-0.25, -0.2) is 0 Å². The minimum Gasteiger partial charge on any atom is -0.342 e. The van der Waals surface area contributed by atoms with E-state index in [2.05, 4.69) is 20.8 Å². The van der Waals surface area contributed by atoms with Crippen LogP contribution in [0.15, 0.2) is 53.7 Å². The van der Waals surface area contributed by atoms with E-state index in [1.165, 1.54) is 36.0 Å². The number of hydrogen-bond acceptors (Lipinski definition) is 7. The summed E-state index contributed by atoms with van der Waals surface area (Å²) in [5.74, 6) is 0.0634. The molecule has 184 valence electrons. The molecule has 35 heavy (non-hydrogen) atoms. The lowest BCUT2D eigenvalue weighted by Crippen LogP contribution is -2.34. The lowest BCUT2D eigenvalue weighted by Gasteiger charge is -2.22. The number of hydrogen-bond donors (Lipinski definition) is 2. The van der Waals surface area contributed by atoms with Crippen LogP contribution in [0.4, 0.5) is 11.4 Å². The third kappa shape index (κ3) is 6.58. The highest BCUT2D eigenvalue weighted by atomic mass is 35.5. The van der Waals surface area contributed by atoms with E-state index in [-0.39, 0.29) is 29.2 Å². The number of nitrogens with zero attached hydrogens (tertiary/aromatic N) is 4. The number of halogens is 1. The van der Waals surface area contributed by atoms with Crippen LogP contribution in [0, 0.1) is 16.0 Å². The van der Waals surface area contributed by atoms with E-state index in [0.717, 1.165) is 0 Å². The van der Waals surface area contributed by atoms with Crippen LogP contribution in [0.1, 0.15) is 43.0 Å². The summed E-state index contributed by atoms with van der Waals surface area (Å²) in [6.07, 6.45) is 0. The molecular formula is C23H25ClN6O4S. The number of rotatable bonds is 10. The minimum atomic E-state index is -0.502. The van der Waals surface area contributed by atoms with Gasteiger partial charge in [0.15, 0.2) is 11.0 Å². The molecule has 2 amide bonds. The zero-order valence-corrected chi connectivity index (χ0v) is 21.0. The van der Waals surface area contributed by atoms with Gasteiger partial charge in [-0.1, -0.05) is 49.3 Å². The van der Waals surface area contributed by atoms with Crippen molar-refractivity contribution in [2.24, 2.45) is 5.92 Å². The predicted octanol–water partition coefficient (Wildman–Crippen LogP) is 4.72. The van der Waals surface area contributed by atoms with Crippen molar-refractivity contribution in [3.8, 4) is 0 Å². The fraction of sp³-hybridized carbons (Fsp3) is 0.304. The molecule has 3 rings (SSSR count). The summed E-state index contributed by atoms with van der Waals surface area (Å²) in [5, 5.41) is 25.9. The first kappa shape index (κ1) is 26.2. The molecule has 1 heterocycles. The van der Waals surface area contributed by atoms with Crippen LogP contribution < -0.4 is 10.6 Å². The highest BCUT2D eigenvalue weighted by molar-refractivity contribution is 7.99. The number of thioether (sulfide) groups is 1. The van der Waals surface area contributed by atoms with Crippen LogP contribution in [0.25, 0.3) is 0 Å². The minimum absolute atomic E-state index is 0.0132. The quantitative estimate of drug-likeness (QED) is 0.226. The van der Waals surface area contributed by atoms with Crippen molar-refractivity contribution in [2.45, 2.75) is 38.5 Å². The SMILES string of the molecule is CCn1c(SCC(=O)Nc2ccc([N+](=O)[O-])cc2)nnc1[C@@H](NC(=O)c1ccccc1Cl)C(C)C. The molecule has 0 aliphatic carbocycles. The Balaban J connectivity index is 1.69. The van der Waals surface area contributed by atoms with Crippen LogP contribution in [0.5, 0.6) is 0 Å². The number of benzene rings is 2. The molecule has 2 N–H and O–H groups in total. The van der Waals surface area contributed by atoms with E-state index in [1.54, 1.807) is 24.3 Å². The second-order valence-electron chi connectivity index (χ2n) is 7.90. The Labute approximate surface area is 211 Å². The van der Waals surface area contributed by atoms with Crippen LogP contribution in [0.2, 0.25) is 5.02 Å². The number of nitro benzene ring substituents is 1. The molecule has 0 saturated heterocycles. The lowest BCUT2D eigenvalue weighted by molar-refractivity contribution is -0.384. The van der Waals surface area contributed by atoms with Crippen molar-refractivity contribution in [1.82, 2.24) is 20.1 Å². The van der Waals surface area contributed by atoms with Crippen molar-refractivity contribution in [1.29, 1.82) is 0 Å². The highest BCUT2D eigenvalue weighted by Gasteiger charge is 2.26. The maximum Gasteiger partial charge on any atom is 0.269 e. The molecule has 1 atom stereocenters. The van der Waals surface area contributed by atoms with E-state index in [1.807, 2.05) is 25.3 Å². The number of carbonyl (C=O) groups is 2. The van der Waals surface area contributed by atoms with Gasteiger partial charge >= 0.3 is 0 Å². The summed E-state index contributed by atoms with van der Waals surface area (Å²) >= 11 is 7.39. The van der Waals surface area contributed by atoms with E-state index >= 15 is 0 Å². The summed E-state index contributed by atoms with van der Waals surface area (Å²) in [7, 11) is 0. The Morgan fingerprint density at radius 1 is 1.14 bits per heavy atom. The van der Waals surface area contributed by atoms with Gasteiger partial charge in [0.05, 0.1) is 27.3 Å². The number of non-ortho nitro benzene ring substituents is 1. The molecule has 0 radical (unpaired) electrons.